The van der Waals surface area contributed by atoms with Crippen LogP contribution in [0.25, 0.3) is 0 Å². The Labute approximate surface area is 111 Å². The standard InChI is InChI=1S/C12H20BrN3O/c1-4-9(2)16(5-6-17-3)12-11(14)7-10(13)8-15-12/h7-9H,4-6,14H2,1-3H3. The van der Waals surface area contributed by atoms with Gasteiger partial charge in [-0.3, -0.25) is 0 Å². The van der Waals surface area contributed by atoms with Crippen LogP contribution >= 0.6 is 15.9 Å². The van der Waals surface area contributed by atoms with Crippen LogP contribution in [0.2, 0.25) is 0 Å². The Bertz CT molecular complexity index is 360. The van der Waals surface area contributed by atoms with Crippen molar-refractivity contribution >= 4 is 27.4 Å². The Morgan fingerprint density at radius 3 is 2.82 bits per heavy atom. The molecule has 0 aliphatic heterocycles. The van der Waals surface area contributed by atoms with E-state index in [4.69, 9.17) is 10.5 Å². The van der Waals surface area contributed by atoms with E-state index in [0.29, 0.717) is 18.3 Å². The van der Waals surface area contributed by atoms with Gasteiger partial charge in [0, 0.05) is 30.4 Å². The molecule has 0 saturated heterocycles. The van der Waals surface area contributed by atoms with Gasteiger partial charge in [-0.05, 0) is 35.3 Å². The Hall–Kier alpha value is -0.810. The summed E-state index contributed by atoms with van der Waals surface area (Å²) in [6.45, 7) is 5.78. The molecule has 2 N–H and O–H groups in total. The molecular formula is C12H20BrN3O. The molecule has 1 rings (SSSR count). The van der Waals surface area contributed by atoms with Gasteiger partial charge in [0.2, 0.25) is 0 Å². The van der Waals surface area contributed by atoms with Crippen LogP contribution in [0.3, 0.4) is 0 Å². The van der Waals surface area contributed by atoms with Crippen LogP contribution in [0.1, 0.15) is 20.3 Å². The Morgan fingerprint density at radius 2 is 2.29 bits per heavy atom. The lowest BCUT2D eigenvalue weighted by molar-refractivity contribution is 0.203. The second-order valence-corrected chi connectivity index (χ2v) is 4.93. The molecule has 5 heteroatoms. The first-order chi connectivity index (χ1) is 8.10. The van der Waals surface area contributed by atoms with Gasteiger partial charge >= 0.3 is 0 Å². The average Bonchev–Trinajstić information content (AvgIpc) is 2.31. The van der Waals surface area contributed by atoms with E-state index in [1.807, 2.05) is 6.07 Å². The topological polar surface area (TPSA) is 51.4 Å². The summed E-state index contributed by atoms with van der Waals surface area (Å²) in [5.74, 6) is 0.833. The van der Waals surface area contributed by atoms with Crippen LogP contribution in [0.15, 0.2) is 16.7 Å². The molecule has 17 heavy (non-hydrogen) atoms. The maximum atomic E-state index is 6.01. The second-order valence-electron chi connectivity index (χ2n) is 4.01. The SMILES string of the molecule is CCC(C)N(CCOC)c1ncc(Br)cc1N. The number of ether oxygens (including phenoxy) is 1. The van der Waals surface area contributed by atoms with Crippen LogP contribution in [0, 0.1) is 0 Å². The van der Waals surface area contributed by atoms with E-state index < -0.39 is 0 Å². The van der Waals surface area contributed by atoms with Crippen LogP contribution in [0.4, 0.5) is 11.5 Å². The zero-order valence-electron chi connectivity index (χ0n) is 10.6. The minimum atomic E-state index is 0.390. The first-order valence-electron chi connectivity index (χ1n) is 5.76. The monoisotopic (exact) mass is 301 g/mol. The maximum Gasteiger partial charge on any atom is 0.152 e. The summed E-state index contributed by atoms with van der Waals surface area (Å²) in [4.78, 5) is 6.58. The molecule has 0 radical (unpaired) electrons. The number of rotatable bonds is 6. The molecule has 1 heterocycles. The first-order valence-corrected chi connectivity index (χ1v) is 6.56. The Kier molecular flexibility index (Phi) is 5.71. The highest BCUT2D eigenvalue weighted by Gasteiger charge is 2.16. The van der Waals surface area contributed by atoms with Gasteiger partial charge in [-0.1, -0.05) is 6.92 Å². The van der Waals surface area contributed by atoms with Gasteiger partial charge in [0.25, 0.3) is 0 Å². The van der Waals surface area contributed by atoms with Crippen molar-refractivity contribution in [1.82, 2.24) is 4.98 Å². The van der Waals surface area contributed by atoms with Crippen molar-refractivity contribution in [3.63, 3.8) is 0 Å². The van der Waals surface area contributed by atoms with E-state index in [2.05, 4.69) is 39.7 Å². The molecule has 0 aromatic carbocycles. The third-order valence-electron chi connectivity index (χ3n) is 2.79. The fraction of sp³-hybridized carbons (Fsp3) is 0.583. The van der Waals surface area contributed by atoms with E-state index in [9.17, 15) is 0 Å². The minimum absolute atomic E-state index is 0.390. The number of nitrogen functional groups attached to an aromatic ring is 1. The number of halogens is 1. The highest BCUT2D eigenvalue weighted by Crippen LogP contribution is 2.25. The Morgan fingerprint density at radius 1 is 1.59 bits per heavy atom. The van der Waals surface area contributed by atoms with Crippen molar-refractivity contribution in [3.05, 3.63) is 16.7 Å². The molecule has 0 fully saturated rings. The largest absolute Gasteiger partial charge is 0.396 e. The minimum Gasteiger partial charge on any atom is -0.396 e. The fourth-order valence-corrected chi connectivity index (χ4v) is 1.98. The van der Waals surface area contributed by atoms with Crippen LogP contribution in [0.5, 0.6) is 0 Å². The van der Waals surface area contributed by atoms with Crippen LogP contribution in [-0.4, -0.2) is 31.3 Å². The normalized spacial score (nSPS) is 12.5. The van der Waals surface area contributed by atoms with Gasteiger partial charge in [-0.2, -0.15) is 0 Å². The lowest BCUT2D eigenvalue weighted by Crippen LogP contribution is -2.36. The molecule has 0 aliphatic rings. The fourth-order valence-electron chi connectivity index (χ4n) is 1.63. The summed E-state index contributed by atoms with van der Waals surface area (Å²) >= 11 is 3.37. The molecule has 1 unspecified atom stereocenters. The molecular weight excluding hydrogens is 282 g/mol. The van der Waals surface area contributed by atoms with Gasteiger partial charge in [-0.15, -0.1) is 0 Å². The summed E-state index contributed by atoms with van der Waals surface area (Å²) in [7, 11) is 1.70. The van der Waals surface area contributed by atoms with Gasteiger partial charge in [0.15, 0.2) is 5.82 Å². The highest BCUT2D eigenvalue weighted by molar-refractivity contribution is 9.10. The van der Waals surface area contributed by atoms with Gasteiger partial charge in [-0.25, -0.2) is 4.98 Å². The number of aromatic nitrogens is 1. The van der Waals surface area contributed by atoms with Crippen LogP contribution < -0.4 is 10.6 Å². The number of hydrogen-bond acceptors (Lipinski definition) is 4. The maximum absolute atomic E-state index is 6.01. The summed E-state index contributed by atoms with van der Waals surface area (Å²) in [6.07, 6.45) is 2.81. The lowest BCUT2D eigenvalue weighted by atomic mass is 10.2. The zero-order valence-corrected chi connectivity index (χ0v) is 12.2. The van der Waals surface area contributed by atoms with Crippen LogP contribution in [-0.2, 0) is 4.74 Å². The van der Waals surface area contributed by atoms with Crippen molar-refractivity contribution in [2.75, 3.05) is 30.9 Å². The molecule has 0 aliphatic carbocycles. The number of pyridine rings is 1. The smallest absolute Gasteiger partial charge is 0.152 e. The summed E-state index contributed by atoms with van der Waals surface area (Å²) in [5.41, 5.74) is 6.70. The zero-order chi connectivity index (χ0) is 12.8. The number of nitrogens with zero attached hydrogens (tertiary/aromatic N) is 2. The number of nitrogens with two attached hydrogens (primary N) is 1. The van der Waals surface area contributed by atoms with Crippen molar-refractivity contribution in [3.8, 4) is 0 Å². The van der Waals surface area contributed by atoms with E-state index in [1.165, 1.54) is 0 Å². The molecule has 0 bridgehead atoms. The molecule has 1 aromatic heterocycles. The lowest BCUT2D eigenvalue weighted by Gasteiger charge is -2.30. The molecule has 96 valence electrons. The van der Waals surface area contributed by atoms with Crippen molar-refractivity contribution in [2.24, 2.45) is 0 Å². The number of methoxy groups -OCH3 is 1. The molecule has 4 nitrogen and oxygen atoms in total. The number of hydrogen-bond donors (Lipinski definition) is 1. The molecule has 0 saturated carbocycles. The van der Waals surface area contributed by atoms with Gasteiger partial charge in [0.05, 0.1) is 12.3 Å². The van der Waals surface area contributed by atoms with E-state index in [0.717, 1.165) is 23.3 Å². The Balaban J connectivity index is 2.95. The summed E-state index contributed by atoms with van der Waals surface area (Å²) in [5, 5.41) is 0. The van der Waals surface area contributed by atoms with Crippen molar-refractivity contribution in [2.45, 2.75) is 26.3 Å². The summed E-state index contributed by atoms with van der Waals surface area (Å²) in [6, 6.07) is 2.27. The quantitative estimate of drug-likeness (QED) is 0.878. The van der Waals surface area contributed by atoms with E-state index in [-0.39, 0.29) is 0 Å². The van der Waals surface area contributed by atoms with Crippen molar-refractivity contribution < 1.29 is 4.74 Å². The molecule has 0 spiro atoms. The van der Waals surface area contributed by atoms with Gasteiger partial charge < -0.3 is 15.4 Å². The number of anilines is 2. The van der Waals surface area contributed by atoms with Crippen molar-refractivity contribution in [1.29, 1.82) is 0 Å². The third kappa shape index (κ3) is 3.85. The first kappa shape index (κ1) is 14.3. The molecule has 1 atom stereocenters. The average molecular weight is 302 g/mol. The van der Waals surface area contributed by atoms with E-state index >= 15 is 0 Å². The third-order valence-corrected chi connectivity index (χ3v) is 3.23. The predicted molar refractivity (Wildman–Crippen MR) is 75.3 cm³/mol. The van der Waals surface area contributed by atoms with Gasteiger partial charge in [0.1, 0.15) is 0 Å². The van der Waals surface area contributed by atoms with E-state index in [1.54, 1.807) is 13.3 Å². The molecule has 1 aromatic rings. The summed E-state index contributed by atoms with van der Waals surface area (Å²) < 4.78 is 6.03. The highest BCUT2D eigenvalue weighted by atomic mass is 79.9. The second kappa shape index (κ2) is 6.81. The molecule has 0 amide bonds. The predicted octanol–water partition coefficient (Wildman–Crippen LogP) is 2.68.